The maximum Gasteiger partial charge on any atom is -0.147 e. The van der Waals surface area contributed by atoms with Crippen LogP contribution in [0.25, 0.3) is 0 Å². The Bertz CT molecular complexity index is 260. The van der Waals surface area contributed by atoms with Crippen molar-refractivity contribution in [2.45, 2.75) is 20.3 Å². The minimum absolute atomic E-state index is 0. The van der Waals surface area contributed by atoms with E-state index in [0.29, 0.717) is 5.41 Å². The van der Waals surface area contributed by atoms with Crippen molar-refractivity contribution < 1.29 is 24.7 Å². The number of hydrogen-bond acceptors (Lipinski definition) is 0. The van der Waals surface area contributed by atoms with E-state index in [0.717, 1.165) is 0 Å². The minimum Gasteiger partial charge on any atom is -0.147 e. The predicted octanol–water partition coefficient (Wildman–Crippen LogP) is 4.78. The van der Waals surface area contributed by atoms with E-state index in [1.165, 1.54) is 12.6 Å². The maximum atomic E-state index is 2.39. The summed E-state index contributed by atoms with van der Waals surface area (Å²) in [5, 5.41) is 0. The molecule has 0 aliphatic heterocycles. The fraction of sp³-hybridized carbons (Fsp3) is 0.636. The summed E-state index contributed by atoms with van der Waals surface area (Å²) in [6, 6.07) is 0. The summed E-state index contributed by atoms with van der Waals surface area (Å²) in [6.07, 6.45) is 7.24. The van der Waals surface area contributed by atoms with Gasteiger partial charge in [0, 0.05) is 0 Å². The van der Waals surface area contributed by atoms with Gasteiger partial charge in [0.15, 0.2) is 0 Å². The first kappa shape index (κ1) is 22.8. The van der Waals surface area contributed by atoms with Crippen LogP contribution in [0.2, 0.25) is 0 Å². The van der Waals surface area contributed by atoms with E-state index in [-0.39, 0.29) is 45.1 Å². The van der Waals surface area contributed by atoms with Gasteiger partial charge >= 0.3 is 98.8 Å². The first-order valence-corrected chi connectivity index (χ1v) is 8.35. The molecule has 16 heavy (non-hydrogen) atoms. The van der Waals surface area contributed by atoms with Crippen LogP contribution in [-0.4, -0.2) is 19.5 Å². The summed E-state index contributed by atoms with van der Waals surface area (Å²) < 4.78 is 1.66. The van der Waals surface area contributed by atoms with E-state index < -0.39 is 0 Å². The number of allylic oxidation sites excluding steroid dienone is 4. The second-order valence-electron chi connectivity index (χ2n) is 4.62. The molecule has 0 radical (unpaired) electrons. The molecule has 5 heteroatoms. The van der Waals surface area contributed by atoms with Crippen LogP contribution in [-0.2, 0) is 24.7 Å². The Labute approximate surface area is 135 Å². The summed E-state index contributed by atoms with van der Waals surface area (Å²) in [6.45, 7) is 9.53. The van der Waals surface area contributed by atoms with Crippen LogP contribution in [0.15, 0.2) is 21.0 Å². The third-order valence-corrected chi connectivity index (χ3v) is 4.96. The summed E-state index contributed by atoms with van der Waals surface area (Å²) >= 11 is 1.60. The van der Waals surface area contributed by atoms with E-state index >= 15 is 0 Å². The van der Waals surface area contributed by atoms with Gasteiger partial charge in [-0.3, -0.25) is 0 Å². The monoisotopic (exact) mass is 379 g/mol. The Balaban J connectivity index is -0.000000563. The fourth-order valence-corrected chi connectivity index (χ4v) is 5.09. The van der Waals surface area contributed by atoms with Crippen LogP contribution < -0.4 is 0 Å². The minimum atomic E-state index is 0. The van der Waals surface area contributed by atoms with Gasteiger partial charge < -0.3 is 0 Å². The first-order valence-electron chi connectivity index (χ1n) is 4.70. The molecular weight excluding hydrogens is 361 g/mol. The molecule has 0 fully saturated rings. The van der Waals surface area contributed by atoms with Gasteiger partial charge in [-0.05, 0) is 0 Å². The van der Waals surface area contributed by atoms with Crippen molar-refractivity contribution >= 4 is 45.1 Å². The Morgan fingerprint density at radius 1 is 1.25 bits per heavy atom. The second-order valence-corrected chi connectivity index (χ2v) is 8.58. The van der Waals surface area contributed by atoms with Crippen LogP contribution in [0.4, 0.5) is 0 Å². The molecule has 95 valence electrons. The first-order chi connectivity index (χ1) is 5.93. The molecule has 0 aromatic heterocycles. The van der Waals surface area contributed by atoms with Crippen LogP contribution in [0.3, 0.4) is 0 Å². The SMILES string of the molecule is CP(C)CC(C)(C)C1=[C]([Zr])CC=C1.Cl.Cl.Cl. The smallest absolute Gasteiger partial charge is 0.147 e. The molecule has 0 nitrogen and oxygen atoms in total. The summed E-state index contributed by atoms with van der Waals surface area (Å²) in [7, 11) is 0.218. The van der Waals surface area contributed by atoms with Crippen molar-refractivity contribution in [3.63, 3.8) is 0 Å². The van der Waals surface area contributed by atoms with Gasteiger partial charge in [-0.15, -0.1) is 37.2 Å². The Kier molecular flexibility index (Phi) is 13.6. The van der Waals surface area contributed by atoms with Crippen molar-refractivity contribution in [3.8, 4) is 0 Å². The normalized spacial score (nSPS) is 14.2. The molecule has 0 unspecified atom stereocenters. The van der Waals surface area contributed by atoms with Crippen molar-refractivity contribution in [1.29, 1.82) is 0 Å². The number of rotatable bonds is 3. The van der Waals surface area contributed by atoms with E-state index in [1.807, 2.05) is 0 Å². The summed E-state index contributed by atoms with van der Waals surface area (Å²) in [5.74, 6) is 0. The zero-order valence-corrected chi connectivity index (χ0v) is 16.0. The van der Waals surface area contributed by atoms with Crippen molar-refractivity contribution in [2.24, 2.45) is 5.41 Å². The van der Waals surface area contributed by atoms with Gasteiger partial charge in [0.2, 0.25) is 0 Å². The average molecular weight is 382 g/mol. The molecule has 0 saturated carbocycles. The van der Waals surface area contributed by atoms with E-state index in [1.54, 1.807) is 33.6 Å². The van der Waals surface area contributed by atoms with Crippen LogP contribution >= 0.6 is 45.1 Å². The van der Waals surface area contributed by atoms with Crippen LogP contribution in [0, 0.1) is 5.41 Å². The van der Waals surface area contributed by atoms with E-state index in [2.05, 4.69) is 39.3 Å². The van der Waals surface area contributed by atoms with Gasteiger partial charge in [0.25, 0.3) is 0 Å². The van der Waals surface area contributed by atoms with Gasteiger partial charge in [-0.2, -0.15) is 0 Å². The molecule has 0 spiro atoms. The molecule has 1 aliphatic rings. The molecule has 0 N–H and O–H groups in total. The molecule has 0 aromatic carbocycles. The summed E-state index contributed by atoms with van der Waals surface area (Å²) in [5.41, 5.74) is 2.04. The van der Waals surface area contributed by atoms with Crippen LogP contribution in [0.5, 0.6) is 0 Å². The van der Waals surface area contributed by atoms with Crippen molar-refractivity contribution in [2.75, 3.05) is 19.5 Å². The van der Waals surface area contributed by atoms with E-state index in [9.17, 15) is 0 Å². The molecule has 1 rings (SSSR count). The quantitative estimate of drug-likeness (QED) is 0.617. The molecule has 1 aliphatic carbocycles. The summed E-state index contributed by atoms with van der Waals surface area (Å²) in [4.78, 5) is 0. The predicted molar refractivity (Wildman–Crippen MR) is 79.9 cm³/mol. The average Bonchev–Trinajstić information content (AvgIpc) is 2.32. The molecule has 0 atom stereocenters. The molecule has 0 aromatic rings. The zero-order chi connectivity index (χ0) is 10.1. The number of hydrogen-bond donors (Lipinski definition) is 0. The molecule has 0 heterocycles. The largest absolute Gasteiger partial charge is 0.147 e. The Morgan fingerprint density at radius 3 is 2.06 bits per heavy atom. The van der Waals surface area contributed by atoms with Crippen molar-refractivity contribution in [3.05, 3.63) is 21.0 Å². The topological polar surface area (TPSA) is 0 Å². The number of halogens is 3. The third kappa shape index (κ3) is 6.56. The Morgan fingerprint density at radius 2 is 1.75 bits per heavy atom. The molecule has 0 saturated heterocycles. The fourth-order valence-electron chi connectivity index (χ4n) is 2.01. The Hall–Kier alpha value is 1.66. The van der Waals surface area contributed by atoms with Gasteiger partial charge in [-0.25, -0.2) is 0 Å². The molecule has 0 bridgehead atoms. The molecular formula is C11H21Cl3PZr. The third-order valence-electron chi connectivity index (χ3n) is 2.37. The van der Waals surface area contributed by atoms with Gasteiger partial charge in [0.1, 0.15) is 0 Å². The van der Waals surface area contributed by atoms with Crippen molar-refractivity contribution in [1.82, 2.24) is 0 Å². The molecule has 0 amide bonds. The maximum absolute atomic E-state index is 2.39. The van der Waals surface area contributed by atoms with Crippen LogP contribution in [0.1, 0.15) is 20.3 Å². The van der Waals surface area contributed by atoms with E-state index in [4.69, 9.17) is 0 Å². The van der Waals surface area contributed by atoms with Gasteiger partial charge in [0.05, 0.1) is 0 Å². The van der Waals surface area contributed by atoms with Gasteiger partial charge in [-0.1, -0.05) is 0 Å². The zero-order valence-electron chi connectivity index (χ0n) is 10.2. The standard InChI is InChI=1S/C11H18P.3ClH.Zr/c1-11(2,9-12(3)4)10-7-5-6-8-10;;;;/h5,7H,6,9H2,1-4H3;3*1H;. The second kappa shape index (κ2) is 9.57.